The maximum Gasteiger partial charge on any atom is 0.481 e. The van der Waals surface area contributed by atoms with E-state index in [0.717, 1.165) is 11.8 Å². The number of rotatable bonds is 19. The Labute approximate surface area is 208 Å². The number of aliphatic hydroxyl groups is 2. The molecular weight excluding hydrogens is 530 g/mol. The molecule has 0 aromatic carbocycles. The fourth-order valence-electron chi connectivity index (χ4n) is 2.32. The van der Waals surface area contributed by atoms with Gasteiger partial charge in [-0.2, -0.15) is 4.31 Å². The van der Waals surface area contributed by atoms with Crippen molar-refractivity contribution in [2.75, 3.05) is 38.7 Å². The van der Waals surface area contributed by atoms with Gasteiger partial charge in [0.1, 0.15) is 6.10 Å². The molecule has 3 atom stereocenters. The van der Waals surface area contributed by atoms with Gasteiger partial charge in [-0.1, -0.05) is 25.6 Å². The lowest BCUT2D eigenvalue weighted by Crippen LogP contribution is -2.46. The van der Waals surface area contributed by atoms with Crippen molar-refractivity contribution < 1.29 is 56.9 Å². The summed E-state index contributed by atoms with van der Waals surface area (Å²) in [6.45, 7) is 3.28. The summed E-state index contributed by atoms with van der Waals surface area (Å²) in [5.41, 5.74) is -1.42. The van der Waals surface area contributed by atoms with Crippen molar-refractivity contribution in [3.63, 3.8) is 0 Å². The van der Waals surface area contributed by atoms with Gasteiger partial charge in [-0.15, -0.1) is 0 Å². The number of phosphoric acid groups is 2. The van der Waals surface area contributed by atoms with Crippen molar-refractivity contribution in [3.05, 3.63) is 0 Å². The van der Waals surface area contributed by atoms with Gasteiger partial charge < -0.3 is 30.6 Å². The highest BCUT2D eigenvalue weighted by atomic mass is 32.2. The highest BCUT2D eigenvalue weighted by Gasteiger charge is 2.40. The maximum absolute atomic E-state index is 12.2. The van der Waals surface area contributed by atoms with Gasteiger partial charge in [-0.25, -0.2) is 9.13 Å². The van der Waals surface area contributed by atoms with E-state index >= 15 is 0 Å². The van der Waals surface area contributed by atoms with Gasteiger partial charge in [0.05, 0.1) is 13.2 Å². The Morgan fingerprint density at radius 3 is 2.23 bits per heavy atom. The molecule has 0 saturated carbocycles. The molecule has 6 N–H and O–H groups in total. The van der Waals surface area contributed by atoms with Gasteiger partial charge in [0.25, 0.3) is 0 Å². The van der Waals surface area contributed by atoms with Crippen LogP contribution in [-0.2, 0) is 36.9 Å². The molecule has 0 aromatic heterocycles. The van der Waals surface area contributed by atoms with E-state index in [9.17, 15) is 38.4 Å². The summed E-state index contributed by atoms with van der Waals surface area (Å²) in [6.07, 6.45) is -0.284. The third-order valence-corrected chi connectivity index (χ3v) is 7.84. The van der Waals surface area contributed by atoms with Crippen molar-refractivity contribution in [3.8, 4) is 0 Å². The van der Waals surface area contributed by atoms with Crippen LogP contribution in [0.15, 0.2) is 0 Å². The number of amides is 2. The predicted molar refractivity (Wildman–Crippen MR) is 127 cm³/mol. The average molecular weight is 567 g/mol. The van der Waals surface area contributed by atoms with Crippen LogP contribution in [0, 0.1) is 5.41 Å². The lowest BCUT2D eigenvalue weighted by molar-refractivity contribution is -0.137. The van der Waals surface area contributed by atoms with Crippen LogP contribution in [-0.4, -0.2) is 81.7 Å². The zero-order valence-electron chi connectivity index (χ0n) is 20.0. The number of carbonyl (C=O) groups excluding carboxylic acids is 3. The first-order valence-electron chi connectivity index (χ1n) is 10.8. The fraction of sp³-hybridized carbons (Fsp3) is 0.833. The molecule has 0 aliphatic carbocycles. The van der Waals surface area contributed by atoms with Crippen molar-refractivity contribution in [2.24, 2.45) is 5.41 Å². The third-order valence-electron chi connectivity index (χ3n) is 4.21. The lowest BCUT2D eigenvalue weighted by atomic mass is 9.87. The number of aliphatic hydroxyl groups excluding tert-OH is 2. The summed E-state index contributed by atoms with van der Waals surface area (Å²) in [5, 5.41) is 23.8. The van der Waals surface area contributed by atoms with Crippen LogP contribution >= 0.6 is 27.4 Å². The van der Waals surface area contributed by atoms with E-state index in [4.69, 9.17) is 5.11 Å². The highest BCUT2D eigenvalue weighted by molar-refractivity contribution is 8.13. The number of unbranched alkanes of at least 4 members (excludes halogenated alkanes) is 1. The molecule has 3 unspecified atom stereocenters. The average Bonchev–Trinajstić information content (AvgIpc) is 2.74. The summed E-state index contributed by atoms with van der Waals surface area (Å²) >= 11 is 1.08. The molecule has 0 saturated heterocycles. The van der Waals surface area contributed by atoms with E-state index in [1.165, 1.54) is 20.8 Å². The number of thioether (sulfide) groups is 1. The summed E-state index contributed by atoms with van der Waals surface area (Å²) in [6, 6.07) is 0. The van der Waals surface area contributed by atoms with Crippen LogP contribution in [0.4, 0.5) is 0 Å². The van der Waals surface area contributed by atoms with Gasteiger partial charge in [0.15, 0.2) is 5.12 Å². The molecule has 206 valence electrons. The highest BCUT2D eigenvalue weighted by Crippen LogP contribution is 2.60. The summed E-state index contributed by atoms with van der Waals surface area (Å²) in [4.78, 5) is 54.4. The van der Waals surface area contributed by atoms with Crippen LogP contribution in [0.25, 0.3) is 0 Å². The van der Waals surface area contributed by atoms with Crippen LogP contribution in [0.3, 0.4) is 0 Å². The minimum absolute atomic E-state index is 0.0238. The quantitative estimate of drug-likeness (QED) is 0.0938. The molecule has 0 aliphatic rings. The van der Waals surface area contributed by atoms with Gasteiger partial charge >= 0.3 is 15.6 Å². The molecule has 0 spiro atoms. The van der Waals surface area contributed by atoms with E-state index in [2.05, 4.69) is 24.0 Å². The molecule has 14 nitrogen and oxygen atoms in total. The van der Waals surface area contributed by atoms with E-state index in [1.807, 2.05) is 0 Å². The molecule has 0 bridgehead atoms. The van der Waals surface area contributed by atoms with Crippen LogP contribution in [0.1, 0.15) is 46.5 Å². The van der Waals surface area contributed by atoms with E-state index in [0.29, 0.717) is 25.0 Å². The third kappa shape index (κ3) is 16.5. The second-order valence-corrected chi connectivity index (χ2v) is 12.1. The predicted octanol–water partition coefficient (Wildman–Crippen LogP) is 0.689. The van der Waals surface area contributed by atoms with Crippen LogP contribution in [0.5, 0.6) is 0 Å². The van der Waals surface area contributed by atoms with Crippen molar-refractivity contribution in [1.29, 1.82) is 0 Å². The summed E-state index contributed by atoms with van der Waals surface area (Å²) in [5.74, 6) is -0.861. The molecule has 35 heavy (non-hydrogen) atoms. The Morgan fingerprint density at radius 2 is 1.63 bits per heavy atom. The summed E-state index contributed by atoms with van der Waals surface area (Å²) < 4.78 is 36.3. The fourth-order valence-corrected chi connectivity index (χ4v) is 5.28. The lowest BCUT2D eigenvalue weighted by Gasteiger charge is -2.29. The topological polar surface area (TPSA) is 218 Å². The first kappa shape index (κ1) is 34.1. The number of phosphoric ester groups is 2. The summed E-state index contributed by atoms with van der Waals surface area (Å²) in [7, 11) is -9.87. The van der Waals surface area contributed by atoms with E-state index < -0.39 is 39.7 Å². The molecule has 0 aromatic rings. The Morgan fingerprint density at radius 1 is 1.00 bits per heavy atom. The Kier molecular flexibility index (Phi) is 16.4. The SMILES string of the molecule is CCOP(=O)(O)OP(=O)(O)OCC(C)(C)C(O)C(=O)NCCC(=O)NCCSC(=O)CCCCO. The smallest absolute Gasteiger partial charge is 0.396 e. The molecule has 2 amide bonds. The van der Waals surface area contributed by atoms with Crippen LogP contribution < -0.4 is 10.6 Å². The van der Waals surface area contributed by atoms with Gasteiger partial charge in [-0.05, 0) is 19.8 Å². The van der Waals surface area contributed by atoms with Crippen LogP contribution in [0.2, 0.25) is 0 Å². The normalized spacial score (nSPS) is 16.1. The zero-order valence-corrected chi connectivity index (χ0v) is 22.6. The number of hydrogen-bond donors (Lipinski definition) is 6. The molecule has 0 heterocycles. The number of nitrogens with one attached hydrogen (secondary N) is 2. The maximum atomic E-state index is 12.2. The van der Waals surface area contributed by atoms with Gasteiger partial charge in [-0.3, -0.25) is 23.4 Å². The van der Waals surface area contributed by atoms with Crippen molar-refractivity contribution in [1.82, 2.24) is 10.6 Å². The van der Waals surface area contributed by atoms with E-state index in [1.54, 1.807) is 0 Å². The molecule has 0 fully saturated rings. The van der Waals surface area contributed by atoms with Crippen molar-refractivity contribution in [2.45, 2.75) is 52.6 Å². The standard InChI is InChI=1S/C18H36N2O12P2S/c1-4-30-33(26,27)32-34(28,29)31-13-18(2,3)16(24)17(25)20-9-8-14(22)19-10-12-35-15(23)7-5-6-11-21/h16,21,24H,4-13H2,1-3H3,(H,19,22)(H,20,25)(H,26,27)(H,28,29). The van der Waals surface area contributed by atoms with E-state index in [-0.39, 0.29) is 43.7 Å². The Bertz CT molecular complexity index is 783. The first-order chi connectivity index (χ1) is 16.2. The minimum Gasteiger partial charge on any atom is -0.396 e. The molecule has 0 radical (unpaired) electrons. The second-order valence-electron chi connectivity index (χ2n) is 7.89. The zero-order chi connectivity index (χ0) is 27.1. The second kappa shape index (κ2) is 16.8. The molecule has 17 heteroatoms. The minimum atomic E-state index is -5.04. The Balaban J connectivity index is 4.32. The number of hydrogen-bond acceptors (Lipinski definition) is 11. The molecular formula is C18H36N2O12P2S. The van der Waals surface area contributed by atoms with Gasteiger partial charge in [0.2, 0.25) is 11.8 Å². The number of carbonyl (C=O) groups is 3. The van der Waals surface area contributed by atoms with Gasteiger partial charge in [0, 0.05) is 43.7 Å². The monoisotopic (exact) mass is 566 g/mol. The Hall–Kier alpha value is -0.860. The first-order valence-corrected chi connectivity index (χ1v) is 14.8. The molecule has 0 rings (SSSR count). The molecule has 0 aliphatic heterocycles. The van der Waals surface area contributed by atoms with Crippen molar-refractivity contribution >= 4 is 44.3 Å². The largest absolute Gasteiger partial charge is 0.481 e.